The maximum absolute atomic E-state index is 9.95. The molecule has 0 saturated carbocycles. The SMILES string of the molecule is O=C([O-])COCc1ccccc1.[K+]. The van der Waals surface area contributed by atoms with Crippen LogP contribution in [0.3, 0.4) is 0 Å². The Labute approximate surface area is 120 Å². The van der Waals surface area contributed by atoms with Gasteiger partial charge in [0.25, 0.3) is 0 Å². The van der Waals surface area contributed by atoms with Crippen molar-refractivity contribution >= 4 is 5.97 Å². The summed E-state index contributed by atoms with van der Waals surface area (Å²) >= 11 is 0. The maximum Gasteiger partial charge on any atom is 1.00 e. The van der Waals surface area contributed by atoms with Crippen LogP contribution < -0.4 is 56.5 Å². The fourth-order valence-electron chi connectivity index (χ4n) is 0.826. The Bertz CT molecular complexity index is 248. The molecule has 0 unspecified atom stereocenters. The van der Waals surface area contributed by atoms with Crippen LogP contribution in [0.1, 0.15) is 5.56 Å². The van der Waals surface area contributed by atoms with Crippen molar-refractivity contribution in [3.63, 3.8) is 0 Å². The molecule has 0 N–H and O–H groups in total. The van der Waals surface area contributed by atoms with Crippen LogP contribution in [-0.2, 0) is 16.1 Å². The number of hydrogen-bond donors (Lipinski definition) is 0. The Morgan fingerprint density at radius 2 is 1.92 bits per heavy atom. The van der Waals surface area contributed by atoms with E-state index in [9.17, 15) is 9.90 Å². The van der Waals surface area contributed by atoms with E-state index in [1.54, 1.807) is 0 Å². The van der Waals surface area contributed by atoms with Crippen molar-refractivity contribution in [3.8, 4) is 0 Å². The maximum atomic E-state index is 9.95. The number of carboxylic acids is 1. The molecule has 0 aromatic heterocycles. The van der Waals surface area contributed by atoms with Crippen LogP contribution in [0, 0.1) is 0 Å². The number of benzene rings is 1. The summed E-state index contributed by atoms with van der Waals surface area (Å²) in [5.74, 6) is -1.19. The summed E-state index contributed by atoms with van der Waals surface area (Å²) in [7, 11) is 0. The van der Waals surface area contributed by atoms with E-state index < -0.39 is 5.97 Å². The van der Waals surface area contributed by atoms with Crippen molar-refractivity contribution in [2.24, 2.45) is 0 Å². The molecule has 0 saturated heterocycles. The third-order valence-electron chi connectivity index (χ3n) is 1.33. The second-order valence-electron chi connectivity index (χ2n) is 2.35. The number of rotatable bonds is 4. The monoisotopic (exact) mass is 204 g/mol. The molecule has 0 amide bonds. The molecule has 3 nitrogen and oxygen atoms in total. The number of carbonyl (C=O) groups excluding carboxylic acids is 1. The molecule has 0 spiro atoms. The Kier molecular flexibility index (Phi) is 7.84. The van der Waals surface area contributed by atoms with Crippen molar-refractivity contribution < 1.29 is 66.0 Å². The van der Waals surface area contributed by atoms with E-state index in [1.165, 1.54) is 0 Å². The van der Waals surface area contributed by atoms with Gasteiger partial charge in [0.1, 0.15) is 0 Å². The van der Waals surface area contributed by atoms with Crippen molar-refractivity contribution in [1.82, 2.24) is 0 Å². The van der Waals surface area contributed by atoms with E-state index in [4.69, 9.17) is 4.74 Å². The number of carbonyl (C=O) groups is 1. The predicted octanol–water partition coefficient (Wildman–Crippen LogP) is -3.04. The van der Waals surface area contributed by atoms with Gasteiger partial charge in [-0.3, -0.25) is 0 Å². The van der Waals surface area contributed by atoms with Crippen molar-refractivity contribution in [1.29, 1.82) is 0 Å². The number of carboxylic acid groups (broad SMARTS) is 1. The molecule has 0 aliphatic heterocycles. The van der Waals surface area contributed by atoms with E-state index in [0.29, 0.717) is 6.61 Å². The average Bonchev–Trinajstić information content (AvgIpc) is 2.05. The second kappa shape index (κ2) is 7.67. The summed E-state index contributed by atoms with van der Waals surface area (Å²) in [4.78, 5) is 9.95. The van der Waals surface area contributed by atoms with Gasteiger partial charge < -0.3 is 14.6 Å². The Morgan fingerprint density at radius 3 is 2.46 bits per heavy atom. The first-order valence-electron chi connectivity index (χ1n) is 3.60. The Balaban J connectivity index is 0.00000144. The molecule has 1 rings (SSSR count). The number of hydrogen-bond acceptors (Lipinski definition) is 3. The van der Waals surface area contributed by atoms with Crippen molar-refractivity contribution in [2.45, 2.75) is 6.61 Å². The first kappa shape index (κ1) is 13.3. The first-order chi connectivity index (χ1) is 5.79. The first-order valence-corrected chi connectivity index (χ1v) is 3.60. The van der Waals surface area contributed by atoms with Crippen LogP contribution in [0.15, 0.2) is 30.3 Å². The van der Waals surface area contributed by atoms with Crippen LogP contribution in [-0.4, -0.2) is 12.6 Å². The summed E-state index contributed by atoms with van der Waals surface area (Å²) < 4.78 is 4.82. The zero-order chi connectivity index (χ0) is 8.81. The summed E-state index contributed by atoms with van der Waals surface area (Å²) in [5.41, 5.74) is 0.957. The third-order valence-corrected chi connectivity index (χ3v) is 1.33. The zero-order valence-corrected chi connectivity index (χ0v) is 10.6. The standard InChI is InChI=1S/C9H10O3.K/c10-9(11)7-12-6-8-4-2-1-3-5-8;/h1-5H,6-7H2,(H,10,11);/q;+1/p-1. The van der Waals surface area contributed by atoms with E-state index in [2.05, 4.69) is 0 Å². The normalized spacial score (nSPS) is 8.92. The minimum absolute atomic E-state index is 0. The van der Waals surface area contributed by atoms with Crippen molar-refractivity contribution in [3.05, 3.63) is 35.9 Å². The van der Waals surface area contributed by atoms with E-state index >= 15 is 0 Å². The molecule has 4 heteroatoms. The number of ether oxygens (including phenoxy) is 1. The molecule has 64 valence electrons. The molecule has 0 radical (unpaired) electrons. The third kappa shape index (κ3) is 6.37. The van der Waals surface area contributed by atoms with Gasteiger partial charge in [-0.25, -0.2) is 0 Å². The quantitative estimate of drug-likeness (QED) is 0.490. The van der Waals surface area contributed by atoms with Gasteiger partial charge in [-0.2, -0.15) is 0 Å². The van der Waals surface area contributed by atoms with Gasteiger partial charge in [-0.15, -0.1) is 0 Å². The molecule has 13 heavy (non-hydrogen) atoms. The zero-order valence-electron chi connectivity index (χ0n) is 7.53. The molecule has 0 aliphatic rings. The fraction of sp³-hybridized carbons (Fsp3) is 0.222. The molecule has 0 bridgehead atoms. The van der Waals surface area contributed by atoms with Gasteiger partial charge in [0.2, 0.25) is 0 Å². The Hall–Kier alpha value is 0.286. The summed E-state index contributed by atoms with van der Waals surface area (Å²) in [5, 5.41) is 9.95. The van der Waals surface area contributed by atoms with Crippen LogP contribution in [0.5, 0.6) is 0 Å². The average molecular weight is 204 g/mol. The summed E-state index contributed by atoms with van der Waals surface area (Å²) in [6.45, 7) is -0.0380. The molecule has 0 heterocycles. The summed E-state index contributed by atoms with van der Waals surface area (Å²) in [6.07, 6.45) is 0. The largest absolute Gasteiger partial charge is 1.00 e. The van der Waals surface area contributed by atoms with Crippen LogP contribution in [0.25, 0.3) is 0 Å². The van der Waals surface area contributed by atoms with Gasteiger partial charge in [-0.1, -0.05) is 30.3 Å². The van der Waals surface area contributed by atoms with Crippen LogP contribution in [0.4, 0.5) is 0 Å². The van der Waals surface area contributed by atoms with E-state index in [-0.39, 0.29) is 58.0 Å². The molecule has 0 fully saturated rings. The molecule has 0 aliphatic carbocycles. The molecular weight excluding hydrogens is 195 g/mol. The smallest absolute Gasteiger partial charge is 0.548 e. The predicted molar refractivity (Wildman–Crippen MR) is 41.1 cm³/mol. The topological polar surface area (TPSA) is 49.4 Å². The minimum Gasteiger partial charge on any atom is -0.548 e. The van der Waals surface area contributed by atoms with Crippen molar-refractivity contribution in [2.75, 3.05) is 6.61 Å². The summed E-state index contributed by atoms with van der Waals surface area (Å²) in [6, 6.07) is 9.38. The van der Waals surface area contributed by atoms with Crippen LogP contribution >= 0.6 is 0 Å². The van der Waals surface area contributed by atoms with Gasteiger partial charge in [-0.05, 0) is 5.56 Å². The fourth-order valence-corrected chi connectivity index (χ4v) is 0.826. The molecule has 1 aromatic rings. The van der Waals surface area contributed by atoms with Crippen LogP contribution in [0.2, 0.25) is 0 Å². The van der Waals surface area contributed by atoms with E-state index in [0.717, 1.165) is 5.56 Å². The minimum atomic E-state index is -1.19. The van der Waals surface area contributed by atoms with Gasteiger partial charge in [0, 0.05) is 0 Å². The van der Waals surface area contributed by atoms with Gasteiger partial charge >= 0.3 is 51.4 Å². The second-order valence-corrected chi connectivity index (χ2v) is 2.35. The Morgan fingerprint density at radius 1 is 1.31 bits per heavy atom. The molecular formula is C9H9KO3. The van der Waals surface area contributed by atoms with Gasteiger partial charge in [0.15, 0.2) is 0 Å². The number of aliphatic carboxylic acids is 1. The van der Waals surface area contributed by atoms with E-state index in [1.807, 2.05) is 30.3 Å². The molecule has 1 aromatic carbocycles. The molecule has 0 atom stereocenters. The van der Waals surface area contributed by atoms with Gasteiger partial charge in [0.05, 0.1) is 19.2 Å².